The molecular formula is C21H20FN3O3S. The van der Waals surface area contributed by atoms with Gasteiger partial charge in [-0.1, -0.05) is 12.2 Å². The van der Waals surface area contributed by atoms with Crippen molar-refractivity contribution in [2.45, 2.75) is 25.2 Å². The van der Waals surface area contributed by atoms with Crippen LogP contribution in [0, 0.1) is 24.6 Å². The van der Waals surface area contributed by atoms with Crippen LogP contribution in [0.15, 0.2) is 41.8 Å². The molecule has 3 aliphatic heterocycles. The minimum atomic E-state index is -0.797. The highest BCUT2D eigenvalue weighted by atomic mass is 32.1. The maximum atomic E-state index is 13.3. The number of aryl methyl sites for hydroxylation is 1. The van der Waals surface area contributed by atoms with E-state index in [-0.39, 0.29) is 17.6 Å². The smallest absolute Gasteiger partial charge is 0.234 e. The average Bonchev–Trinajstić information content (AvgIpc) is 3.43. The molecule has 8 heteroatoms. The molecule has 6 nitrogen and oxygen atoms in total. The van der Waals surface area contributed by atoms with Gasteiger partial charge in [0.1, 0.15) is 11.4 Å². The topological polar surface area (TPSA) is 62.7 Å². The van der Waals surface area contributed by atoms with Crippen LogP contribution in [0.1, 0.15) is 10.7 Å². The third-order valence-corrected chi connectivity index (χ3v) is 6.79. The Labute approximate surface area is 171 Å². The first kappa shape index (κ1) is 18.4. The number of hydrogen-bond acceptors (Lipinski definition) is 5. The summed E-state index contributed by atoms with van der Waals surface area (Å²) in [5, 5.41) is 2.89. The lowest BCUT2D eigenvalue weighted by atomic mass is 9.76. The zero-order chi connectivity index (χ0) is 20.3. The second-order valence-electron chi connectivity index (χ2n) is 7.85. The predicted octanol–water partition coefficient (Wildman–Crippen LogP) is 2.54. The Morgan fingerprint density at radius 2 is 2.17 bits per heavy atom. The largest absolute Gasteiger partial charge is 0.360 e. The molecule has 2 saturated heterocycles. The van der Waals surface area contributed by atoms with E-state index in [0.29, 0.717) is 18.8 Å². The summed E-state index contributed by atoms with van der Waals surface area (Å²) < 4.78 is 19.5. The van der Waals surface area contributed by atoms with Crippen molar-refractivity contribution in [1.82, 2.24) is 9.88 Å². The number of nitrogens with zero attached hydrogens (tertiary/aromatic N) is 3. The molecule has 0 N–H and O–H groups in total. The van der Waals surface area contributed by atoms with Crippen molar-refractivity contribution < 1.29 is 18.7 Å². The van der Waals surface area contributed by atoms with Gasteiger partial charge in [-0.05, 0) is 31.2 Å². The molecule has 5 rings (SSSR count). The minimum absolute atomic E-state index is 0.119. The maximum absolute atomic E-state index is 13.3. The van der Waals surface area contributed by atoms with Crippen molar-refractivity contribution in [1.29, 1.82) is 0 Å². The van der Waals surface area contributed by atoms with Gasteiger partial charge in [0.15, 0.2) is 0 Å². The van der Waals surface area contributed by atoms with E-state index < -0.39 is 23.5 Å². The summed E-state index contributed by atoms with van der Waals surface area (Å²) in [6.07, 6.45) is 3.41. The van der Waals surface area contributed by atoms with Crippen LogP contribution in [-0.4, -0.2) is 47.0 Å². The van der Waals surface area contributed by atoms with Crippen LogP contribution < -0.4 is 4.90 Å². The lowest BCUT2D eigenvalue weighted by Crippen LogP contribution is -2.44. The standard InChI is InChI=1S/C21H20FN3O3S/c1-12-23-14(10-29-12)9-24(2)19(26)17-16-7-8-21(28-16)11-25(20(27)18(17)21)15-5-3-13(22)4-6-15/h3-8,10,16-18H,9,11H2,1-2H3/t16-,17+,18+,21-/m0/s1. The van der Waals surface area contributed by atoms with Crippen molar-refractivity contribution in [3.63, 3.8) is 0 Å². The molecule has 29 heavy (non-hydrogen) atoms. The Morgan fingerprint density at radius 3 is 2.86 bits per heavy atom. The third-order valence-electron chi connectivity index (χ3n) is 5.97. The van der Waals surface area contributed by atoms with Gasteiger partial charge in [-0.2, -0.15) is 0 Å². The van der Waals surface area contributed by atoms with Crippen LogP contribution in [0.3, 0.4) is 0 Å². The van der Waals surface area contributed by atoms with E-state index in [4.69, 9.17) is 4.74 Å². The zero-order valence-corrected chi connectivity index (χ0v) is 16.9. The minimum Gasteiger partial charge on any atom is -0.360 e. The molecule has 2 amide bonds. The first-order valence-corrected chi connectivity index (χ1v) is 10.4. The van der Waals surface area contributed by atoms with Crippen LogP contribution in [-0.2, 0) is 20.9 Å². The average molecular weight is 413 g/mol. The van der Waals surface area contributed by atoms with E-state index in [1.54, 1.807) is 40.3 Å². The number of fused-ring (bicyclic) bond motifs is 1. The van der Waals surface area contributed by atoms with Crippen LogP contribution in [0.2, 0.25) is 0 Å². The lowest BCUT2D eigenvalue weighted by Gasteiger charge is -2.27. The van der Waals surface area contributed by atoms with E-state index in [1.165, 1.54) is 12.1 Å². The molecule has 0 saturated carbocycles. The van der Waals surface area contributed by atoms with E-state index >= 15 is 0 Å². The molecule has 0 aliphatic carbocycles. The summed E-state index contributed by atoms with van der Waals surface area (Å²) in [6, 6.07) is 5.81. The van der Waals surface area contributed by atoms with Crippen molar-refractivity contribution >= 4 is 28.8 Å². The summed E-state index contributed by atoms with van der Waals surface area (Å²) in [6.45, 7) is 2.65. The number of hydrogen-bond donors (Lipinski definition) is 0. The molecule has 1 aromatic carbocycles. The fourth-order valence-corrected chi connectivity index (χ4v) is 5.28. The number of halogens is 1. The number of amides is 2. The SMILES string of the molecule is Cc1nc(CN(C)C(=O)[C@@H]2[C@@H]3C=C[C@@]4(CN(c5ccc(F)cc5)C(=O)[C@@H]24)O3)cs1. The molecule has 1 aromatic heterocycles. The molecule has 2 bridgehead atoms. The molecule has 0 radical (unpaired) electrons. The van der Waals surface area contributed by atoms with Gasteiger partial charge < -0.3 is 14.5 Å². The number of thiazole rings is 1. The van der Waals surface area contributed by atoms with Gasteiger partial charge in [0.05, 0.1) is 41.7 Å². The number of carbonyl (C=O) groups is 2. The van der Waals surface area contributed by atoms with Gasteiger partial charge in [0.25, 0.3) is 0 Å². The predicted molar refractivity (Wildman–Crippen MR) is 106 cm³/mol. The van der Waals surface area contributed by atoms with Crippen molar-refractivity contribution in [2.75, 3.05) is 18.5 Å². The Bertz CT molecular complexity index is 1020. The highest BCUT2D eigenvalue weighted by Crippen LogP contribution is 2.53. The van der Waals surface area contributed by atoms with E-state index in [0.717, 1.165) is 10.7 Å². The van der Waals surface area contributed by atoms with Crippen LogP contribution in [0.4, 0.5) is 10.1 Å². The number of aromatic nitrogens is 1. The molecule has 2 aromatic rings. The molecule has 0 unspecified atom stereocenters. The Balaban J connectivity index is 1.41. The monoisotopic (exact) mass is 413 g/mol. The number of anilines is 1. The van der Waals surface area contributed by atoms with Crippen LogP contribution in [0.25, 0.3) is 0 Å². The summed E-state index contributed by atoms with van der Waals surface area (Å²) in [5.41, 5.74) is 0.649. The van der Waals surface area contributed by atoms with Gasteiger partial charge in [0.2, 0.25) is 11.8 Å². The second-order valence-corrected chi connectivity index (χ2v) is 8.92. The Morgan fingerprint density at radius 1 is 1.41 bits per heavy atom. The number of rotatable bonds is 4. The lowest BCUT2D eigenvalue weighted by molar-refractivity contribution is -0.139. The van der Waals surface area contributed by atoms with Gasteiger partial charge in [-0.3, -0.25) is 9.59 Å². The Hall–Kier alpha value is -2.58. The van der Waals surface area contributed by atoms with Gasteiger partial charge in [0, 0.05) is 18.1 Å². The molecular weight excluding hydrogens is 393 g/mol. The third kappa shape index (κ3) is 2.81. The molecule has 1 spiro atoms. The first-order chi connectivity index (χ1) is 13.9. The highest BCUT2D eigenvalue weighted by Gasteiger charge is 2.67. The number of ether oxygens (including phenoxy) is 1. The summed E-state index contributed by atoms with van der Waals surface area (Å²) >= 11 is 1.54. The van der Waals surface area contributed by atoms with Crippen LogP contribution in [0.5, 0.6) is 0 Å². The summed E-state index contributed by atoms with van der Waals surface area (Å²) in [5.74, 6) is -1.77. The maximum Gasteiger partial charge on any atom is 0.234 e. The van der Waals surface area contributed by atoms with Crippen LogP contribution >= 0.6 is 11.3 Å². The highest BCUT2D eigenvalue weighted by molar-refractivity contribution is 7.09. The van der Waals surface area contributed by atoms with E-state index in [9.17, 15) is 14.0 Å². The molecule has 3 aliphatic rings. The van der Waals surface area contributed by atoms with E-state index in [1.807, 2.05) is 24.5 Å². The van der Waals surface area contributed by atoms with Gasteiger partial charge >= 0.3 is 0 Å². The van der Waals surface area contributed by atoms with Gasteiger partial charge in [-0.15, -0.1) is 11.3 Å². The van der Waals surface area contributed by atoms with Gasteiger partial charge in [-0.25, -0.2) is 9.37 Å². The molecule has 4 atom stereocenters. The fraction of sp³-hybridized carbons (Fsp3) is 0.381. The van der Waals surface area contributed by atoms with E-state index in [2.05, 4.69) is 4.98 Å². The summed E-state index contributed by atoms with van der Waals surface area (Å²) in [7, 11) is 1.73. The fourth-order valence-electron chi connectivity index (χ4n) is 4.68. The molecule has 150 valence electrons. The second kappa shape index (κ2) is 6.47. The summed E-state index contributed by atoms with van der Waals surface area (Å²) in [4.78, 5) is 34.2. The Kier molecular flexibility index (Phi) is 4.11. The number of benzene rings is 1. The number of carbonyl (C=O) groups excluding carboxylic acids is 2. The van der Waals surface area contributed by atoms with Crippen molar-refractivity contribution in [3.8, 4) is 0 Å². The normalized spacial score (nSPS) is 29.6. The quantitative estimate of drug-likeness (QED) is 0.723. The van der Waals surface area contributed by atoms with Crippen molar-refractivity contribution in [2.24, 2.45) is 11.8 Å². The molecule has 4 heterocycles. The van der Waals surface area contributed by atoms with Crippen molar-refractivity contribution in [3.05, 3.63) is 58.3 Å². The molecule has 2 fully saturated rings. The zero-order valence-electron chi connectivity index (χ0n) is 16.0. The first-order valence-electron chi connectivity index (χ1n) is 9.48.